The van der Waals surface area contributed by atoms with Crippen molar-refractivity contribution >= 4 is 0 Å². The third kappa shape index (κ3) is 7.63. The Morgan fingerprint density at radius 1 is 0.577 bits per heavy atom. The number of unbranched alkanes of at least 4 members (excludes halogenated alkanes) is 5. The van der Waals surface area contributed by atoms with E-state index >= 15 is 0 Å². The molecule has 134 valence electrons. The Morgan fingerprint density at radius 3 is 1.69 bits per heavy atom. The summed E-state index contributed by atoms with van der Waals surface area (Å²) in [6.45, 7) is 4.44. The minimum atomic E-state index is 0.979. The second-order valence-electron chi connectivity index (χ2n) is 6.74. The fourth-order valence-corrected chi connectivity index (χ4v) is 2.72. The van der Waals surface area contributed by atoms with E-state index in [2.05, 4.69) is 86.1 Å². The van der Waals surface area contributed by atoms with Crippen LogP contribution in [-0.2, 0) is 6.42 Å². The van der Waals surface area contributed by atoms with Crippen molar-refractivity contribution in [3.05, 3.63) is 70.8 Å². The molecule has 0 bridgehead atoms. The highest BCUT2D eigenvalue weighted by Gasteiger charge is 1.94. The lowest BCUT2D eigenvalue weighted by atomic mass is 10.0. The Bertz CT molecular complexity index is 755. The number of hydrogen-bond acceptors (Lipinski definition) is 0. The average Bonchev–Trinajstić information content (AvgIpc) is 2.69. The molecule has 0 N–H and O–H groups in total. The van der Waals surface area contributed by atoms with Crippen LogP contribution in [-0.4, -0.2) is 0 Å². The fraction of sp³-hybridized carbons (Fsp3) is 0.385. The van der Waals surface area contributed by atoms with E-state index in [0.717, 1.165) is 23.1 Å². The van der Waals surface area contributed by atoms with Gasteiger partial charge in [-0.1, -0.05) is 75.3 Å². The fourth-order valence-electron chi connectivity index (χ4n) is 2.72. The first-order valence-electron chi connectivity index (χ1n) is 10.0. The molecule has 2 aromatic carbocycles. The molecule has 0 aromatic heterocycles. The zero-order valence-corrected chi connectivity index (χ0v) is 16.3. The predicted octanol–water partition coefficient (Wildman–Crippen LogP) is 6.75. The second-order valence-corrected chi connectivity index (χ2v) is 6.74. The van der Waals surface area contributed by atoms with Gasteiger partial charge in [0.15, 0.2) is 0 Å². The van der Waals surface area contributed by atoms with E-state index < -0.39 is 0 Å². The lowest BCUT2D eigenvalue weighted by molar-refractivity contribution is 0.667. The van der Waals surface area contributed by atoms with Crippen LogP contribution in [0.25, 0.3) is 0 Å². The van der Waals surface area contributed by atoms with Crippen LogP contribution in [0.15, 0.2) is 48.5 Å². The Kier molecular flexibility index (Phi) is 9.18. The zero-order valence-electron chi connectivity index (χ0n) is 16.3. The second kappa shape index (κ2) is 12.0. The molecule has 0 nitrogen and oxygen atoms in total. The van der Waals surface area contributed by atoms with E-state index in [9.17, 15) is 0 Å². The number of rotatable bonds is 7. The van der Waals surface area contributed by atoms with Gasteiger partial charge in [0, 0.05) is 23.1 Å². The zero-order chi connectivity index (χ0) is 18.5. The highest BCUT2D eigenvalue weighted by Crippen LogP contribution is 2.10. The van der Waals surface area contributed by atoms with Gasteiger partial charge in [-0.3, -0.25) is 0 Å². The lowest BCUT2D eigenvalue weighted by Gasteiger charge is -2.01. The summed E-state index contributed by atoms with van der Waals surface area (Å²) in [4.78, 5) is 0. The van der Waals surface area contributed by atoms with Crippen molar-refractivity contribution in [1.82, 2.24) is 0 Å². The van der Waals surface area contributed by atoms with Crippen molar-refractivity contribution in [2.24, 2.45) is 0 Å². The largest absolute Gasteiger partial charge is 0.0979 e. The summed E-state index contributed by atoms with van der Waals surface area (Å²) in [5.74, 6) is 12.9. The van der Waals surface area contributed by atoms with Crippen LogP contribution in [0.5, 0.6) is 0 Å². The molecule has 0 saturated carbocycles. The van der Waals surface area contributed by atoms with Crippen LogP contribution in [0.3, 0.4) is 0 Å². The lowest BCUT2D eigenvalue weighted by Crippen LogP contribution is -1.86. The van der Waals surface area contributed by atoms with Crippen molar-refractivity contribution < 1.29 is 0 Å². The van der Waals surface area contributed by atoms with Gasteiger partial charge < -0.3 is 0 Å². The maximum Gasteiger partial charge on any atom is 0.0249 e. The summed E-state index contributed by atoms with van der Waals surface area (Å²) < 4.78 is 0. The Hall–Kier alpha value is -2.44. The summed E-state index contributed by atoms with van der Waals surface area (Å²) in [5.41, 5.74) is 4.59. The first-order chi connectivity index (χ1) is 12.8. The van der Waals surface area contributed by atoms with Gasteiger partial charge in [0.2, 0.25) is 0 Å². The first-order valence-corrected chi connectivity index (χ1v) is 10.0. The van der Waals surface area contributed by atoms with E-state index in [-0.39, 0.29) is 0 Å². The Labute approximate surface area is 160 Å². The molecular formula is C26H30. The predicted molar refractivity (Wildman–Crippen MR) is 113 cm³/mol. The standard InChI is InChI=1S/C26H30/c1-3-5-7-9-11-23-13-17-25(18-14-23)21-22-26-19-15-24(16-20-26)12-10-8-6-4-2/h13-20H,3-9,11H2,1-2H3. The van der Waals surface area contributed by atoms with Gasteiger partial charge in [-0.25, -0.2) is 0 Å². The molecular weight excluding hydrogens is 312 g/mol. The van der Waals surface area contributed by atoms with Gasteiger partial charge in [0.05, 0.1) is 0 Å². The topological polar surface area (TPSA) is 0 Å². The van der Waals surface area contributed by atoms with E-state index in [4.69, 9.17) is 0 Å². The molecule has 26 heavy (non-hydrogen) atoms. The third-order valence-electron chi connectivity index (χ3n) is 4.40. The summed E-state index contributed by atoms with van der Waals surface area (Å²) >= 11 is 0. The van der Waals surface area contributed by atoms with E-state index in [0.29, 0.717) is 0 Å². The minimum Gasteiger partial charge on any atom is -0.0979 e. The maximum absolute atomic E-state index is 3.26. The Balaban J connectivity index is 1.88. The van der Waals surface area contributed by atoms with Crippen LogP contribution in [0.4, 0.5) is 0 Å². The molecule has 2 rings (SSSR count). The van der Waals surface area contributed by atoms with Crippen LogP contribution in [0.2, 0.25) is 0 Å². The molecule has 0 fully saturated rings. The van der Waals surface area contributed by atoms with E-state index in [1.807, 2.05) is 0 Å². The summed E-state index contributed by atoms with van der Waals surface area (Å²) in [5, 5.41) is 0. The summed E-state index contributed by atoms with van der Waals surface area (Å²) in [6.07, 6.45) is 9.77. The molecule has 0 radical (unpaired) electrons. The molecule has 0 amide bonds. The van der Waals surface area contributed by atoms with Crippen LogP contribution in [0.1, 0.15) is 81.0 Å². The summed E-state index contributed by atoms with van der Waals surface area (Å²) in [6, 6.07) is 16.9. The quantitative estimate of drug-likeness (QED) is 0.385. The van der Waals surface area contributed by atoms with Gasteiger partial charge in [0.25, 0.3) is 0 Å². The number of aryl methyl sites for hydroxylation is 1. The third-order valence-corrected chi connectivity index (χ3v) is 4.40. The normalized spacial score (nSPS) is 9.77. The molecule has 0 aliphatic heterocycles. The van der Waals surface area contributed by atoms with Crippen molar-refractivity contribution in [3.8, 4) is 23.7 Å². The van der Waals surface area contributed by atoms with Crippen LogP contribution in [0, 0.1) is 23.7 Å². The Morgan fingerprint density at radius 2 is 1.12 bits per heavy atom. The van der Waals surface area contributed by atoms with Gasteiger partial charge in [-0.2, -0.15) is 0 Å². The van der Waals surface area contributed by atoms with Crippen molar-refractivity contribution in [2.45, 2.75) is 65.2 Å². The highest BCUT2D eigenvalue weighted by atomic mass is 14.0. The van der Waals surface area contributed by atoms with E-state index in [1.54, 1.807) is 0 Å². The molecule has 0 aliphatic carbocycles. The van der Waals surface area contributed by atoms with Crippen LogP contribution < -0.4 is 0 Å². The van der Waals surface area contributed by atoms with Gasteiger partial charge >= 0.3 is 0 Å². The van der Waals surface area contributed by atoms with Crippen molar-refractivity contribution in [1.29, 1.82) is 0 Å². The van der Waals surface area contributed by atoms with E-state index in [1.165, 1.54) is 50.5 Å². The molecule has 0 heterocycles. The van der Waals surface area contributed by atoms with Gasteiger partial charge in [-0.15, -0.1) is 0 Å². The molecule has 0 atom stereocenters. The smallest absolute Gasteiger partial charge is 0.0249 e. The van der Waals surface area contributed by atoms with Crippen molar-refractivity contribution in [2.75, 3.05) is 0 Å². The monoisotopic (exact) mass is 342 g/mol. The molecule has 0 spiro atoms. The average molecular weight is 343 g/mol. The first kappa shape index (κ1) is 19.9. The van der Waals surface area contributed by atoms with Crippen molar-refractivity contribution in [3.63, 3.8) is 0 Å². The molecule has 0 saturated heterocycles. The molecule has 2 aromatic rings. The van der Waals surface area contributed by atoms with Gasteiger partial charge in [-0.05, 0) is 61.2 Å². The molecule has 0 heteroatoms. The summed E-state index contributed by atoms with van der Waals surface area (Å²) in [7, 11) is 0. The van der Waals surface area contributed by atoms with Crippen LogP contribution >= 0.6 is 0 Å². The highest BCUT2D eigenvalue weighted by molar-refractivity contribution is 5.46. The minimum absolute atomic E-state index is 0.979. The maximum atomic E-state index is 3.26. The number of benzene rings is 2. The molecule has 0 unspecified atom stereocenters. The SMILES string of the molecule is CCCCC#Cc1ccc(C#Cc2ccc(CCCCCC)cc2)cc1. The molecule has 0 aliphatic rings. The number of hydrogen-bond donors (Lipinski definition) is 0. The van der Waals surface area contributed by atoms with Gasteiger partial charge in [0.1, 0.15) is 0 Å².